The number of nitrogens with zero attached hydrogens (tertiary/aromatic N) is 1. The van der Waals surface area contributed by atoms with E-state index in [-0.39, 0.29) is 0 Å². The summed E-state index contributed by atoms with van der Waals surface area (Å²) in [6.07, 6.45) is 3.78. The zero-order valence-electron chi connectivity index (χ0n) is 11.1. The highest BCUT2D eigenvalue weighted by molar-refractivity contribution is 7.10. The van der Waals surface area contributed by atoms with Crippen LogP contribution in [0, 0.1) is 0 Å². The Labute approximate surface area is 117 Å². The van der Waals surface area contributed by atoms with Gasteiger partial charge in [0.15, 0.2) is 0 Å². The minimum atomic E-state index is 0.443. The molecule has 100 valence electrons. The van der Waals surface area contributed by atoms with Crippen molar-refractivity contribution in [2.45, 2.75) is 25.3 Å². The molecule has 3 rings (SSSR count). The first-order valence-corrected chi connectivity index (χ1v) is 7.58. The average Bonchev–Trinajstić information content (AvgIpc) is 2.98. The Morgan fingerprint density at radius 3 is 3.11 bits per heavy atom. The third kappa shape index (κ3) is 2.80. The van der Waals surface area contributed by atoms with Crippen LogP contribution >= 0.6 is 11.3 Å². The second-order valence-electron chi connectivity index (χ2n) is 4.81. The standard InChI is InChI=1S/C15H18N2OS/c1-18-12-6-4-5-11(9-12)14-10-19-15(17-14)13-7-2-3-8-16-13/h4-6,9-10,13,16H,2-3,7-8H2,1H3. The maximum atomic E-state index is 5.26. The molecule has 1 fully saturated rings. The van der Waals surface area contributed by atoms with Gasteiger partial charge >= 0.3 is 0 Å². The number of benzene rings is 1. The Kier molecular flexibility index (Phi) is 3.80. The van der Waals surface area contributed by atoms with Gasteiger partial charge in [0.05, 0.1) is 18.8 Å². The fourth-order valence-electron chi connectivity index (χ4n) is 2.43. The lowest BCUT2D eigenvalue weighted by molar-refractivity contribution is 0.411. The van der Waals surface area contributed by atoms with E-state index in [9.17, 15) is 0 Å². The van der Waals surface area contributed by atoms with Gasteiger partial charge in [-0.3, -0.25) is 0 Å². The van der Waals surface area contributed by atoms with Crippen molar-refractivity contribution < 1.29 is 4.74 Å². The van der Waals surface area contributed by atoms with Crippen LogP contribution in [-0.4, -0.2) is 18.6 Å². The monoisotopic (exact) mass is 274 g/mol. The fourth-order valence-corrected chi connectivity index (χ4v) is 3.36. The molecule has 1 aromatic carbocycles. The van der Waals surface area contributed by atoms with E-state index in [0.717, 1.165) is 23.6 Å². The summed E-state index contributed by atoms with van der Waals surface area (Å²) < 4.78 is 5.26. The summed E-state index contributed by atoms with van der Waals surface area (Å²) in [4.78, 5) is 4.78. The van der Waals surface area contributed by atoms with Crippen molar-refractivity contribution in [2.24, 2.45) is 0 Å². The predicted octanol–water partition coefficient (Wildman–Crippen LogP) is 3.63. The summed E-state index contributed by atoms with van der Waals surface area (Å²) in [5.74, 6) is 0.878. The number of aromatic nitrogens is 1. The Morgan fingerprint density at radius 1 is 1.37 bits per heavy atom. The van der Waals surface area contributed by atoms with E-state index in [1.54, 1.807) is 18.4 Å². The molecule has 2 aromatic rings. The quantitative estimate of drug-likeness (QED) is 0.928. The highest BCUT2D eigenvalue weighted by Crippen LogP contribution is 2.30. The SMILES string of the molecule is COc1cccc(-c2csc(C3CCCCN3)n2)c1. The van der Waals surface area contributed by atoms with E-state index >= 15 is 0 Å². The van der Waals surface area contributed by atoms with Gasteiger partial charge in [0.25, 0.3) is 0 Å². The van der Waals surface area contributed by atoms with Crippen LogP contribution in [0.15, 0.2) is 29.6 Å². The van der Waals surface area contributed by atoms with E-state index in [2.05, 4.69) is 16.8 Å². The Balaban J connectivity index is 1.83. The van der Waals surface area contributed by atoms with Crippen molar-refractivity contribution in [1.82, 2.24) is 10.3 Å². The van der Waals surface area contributed by atoms with Gasteiger partial charge in [-0.25, -0.2) is 4.98 Å². The molecule has 0 amide bonds. The minimum Gasteiger partial charge on any atom is -0.497 e. The van der Waals surface area contributed by atoms with Crippen LogP contribution in [0.4, 0.5) is 0 Å². The molecule has 1 atom stereocenters. The van der Waals surface area contributed by atoms with E-state index < -0.39 is 0 Å². The lowest BCUT2D eigenvalue weighted by atomic mass is 10.1. The van der Waals surface area contributed by atoms with Crippen molar-refractivity contribution in [3.63, 3.8) is 0 Å². The average molecular weight is 274 g/mol. The number of piperidine rings is 1. The number of hydrogen-bond donors (Lipinski definition) is 1. The molecule has 4 heteroatoms. The number of thiazole rings is 1. The topological polar surface area (TPSA) is 34.1 Å². The number of methoxy groups -OCH3 is 1. The molecule has 0 spiro atoms. The molecule has 0 aliphatic carbocycles. The van der Waals surface area contributed by atoms with Crippen molar-refractivity contribution in [3.8, 4) is 17.0 Å². The van der Waals surface area contributed by atoms with Crippen molar-refractivity contribution >= 4 is 11.3 Å². The fraction of sp³-hybridized carbons (Fsp3) is 0.400. The van der Waals surface area contributed by atoms with Gasteiger partial charge in [-0.05, 0) is 31.5 Å². The highest BCUT2D eigenvalue weighted by atomic mass is 32.1. The number of nitrogens with one attached hydrogen (secondary N) is 1. The zero-order chi connectivity index (χ0) is 13.1. The first-order chi connectivity index (χ1) is 9.36. The zero-order valence-corrected chi connectivity index (χ0v) is 11.9. The number of rotatable bonds is 3. The van der Waals surface area contributed by atoms with E-state index in [1.807, 2.05) is 18.2 Å². The maximum absolute atomic E-state index is 5.26. The molecular formula is C15H18N2OS. The van der Waals surface area contributed by atoms with Crippen LogP contribution in [-0.2, 0) is 0 Å². The molecular weight excluding hydrogens is 256 g/mol. The van der Waals surface area contributed by atoms with Gasteiger partial charge in [0.1, 0.15) is 10.8 Å². The van der Waals surface area contributed by atoms with E-state index in [1.165, 1.54) is 24.3 Å². The minimum absolute atomic E-state index is 0.443. The summed E-state index contributed by atoms with van der Waals surface area (Å²) >= 11 is 1.75. The summed E-state index contributed by atoms with van der Waals surface area (Å²) in [6, 6.07) is 8.52. The lowest BCUT2D eigenvalue weighted by Gasteiger charge is -2.21. The first kappa shape index (κ1) is 12.6. The van der Waals surface area contributed by atoms with Gasteiger partial charge in [-0.2, -0.15) is 0 Å². The number of ether oxygens (including phenoxy) is 1. The van der Waals surface area contributed by atoms with Crippen molar-refractivity contribution in [2.75, 3.05) is 13.7 Å². The smallest absolute Gasteiger partial charge is 0.119 e. The third-order valence-corrected chi connectivity index (χ3v) is 4.45. The van der Waals surface area contributed by atoms with Crippen molar-refractivity contribution in [1.29, 1.82) is 0 Å². The van der Waals surface area contributed by atoms with Crippen LogP contribution in [0.3, 0.4) is 0 Å². The molecule has 1 unspecified atom stereocenters. The van der Waals surface area contributed by atoms with E-state index in [4.69, 9.17) is 9.72 Å². The van der Waals surface area contributed by atoms with Crippen LogP contribution in [0.5, 0.6) is 5.75 Å². The Morgan fingerprint density at radius 2 is 2.32 bits per heavy atom. The molecule has 1 aliphatic rings. The van der Waals surface area contributed by atoms with Crippen LogP contribution in [0.25, 0.3) is 11.3 Å². The normalized spacial score (nSPS) is 19.3. The van der Waals surface area contributed by atoms with Gasteiger partial charge in [0, 0.05) is 10.9 Å². The molecule has 0 bridgehead atoms. The molecule has 3 nitrogen and oxygen atoms in total. The van der Waals surface area contributed by atoms with Gasteiger partial charge in [0.2, 0.25) is 0 Å². The summed E-state index contributed by atoms with van der Waals surface area (Å²) in [6.45, 7) is 1.11. The summed E-state index contributed by atoms with van der Waals surface area (Å²) in [5.41, 5.74) is 2.17. The molecule has 1 N–H and O–H groups in total. The number of hydrogen-bond acceptors (Lipinski definition) is 4. The molecule has 1 aromatic heterocycles. The van der Waals surface area contributed by atoms with Crippen LogP contribution in [0.2, 0.25) is 0 Å². The summed E-state index contributed by atoms with van der Waals surface area (Å²) in [5, 5.41) is 6.89. The van der Waals surface area contributed by atoms with Crippen molar-refractivity contribution in [3.05, 3.63) is 34.7 Å². The highest BCUT2D eigenvalue weighted by Gasteiger charge is 2.18. The predicted molar refractivity (Wildman–Crippen MR) is 78.7 cm³/mol. The van der Waals surface area contributed by atoms with Gasteiger partial charge in [-0.1, -0.05) is 18.6 Å². The first-order valence-electron chi connectivity index (χ1n) is 6.70. The maximum Gasteiger partial charge on any atom is 0.119 e. The van der Waals surface area contributed by atoms with Crippen LogP contribution in [0.1, 0.15) is 30.3 Å². The second-order valence-corrected chi connectivity index (χ2v) is 5.70. The molecule has 1 saturated heterocycles. The molecule has 2 heterocycles. The van der Waals surface area contributed by atoms with Gasteiger partial charge < -0.3 is 10.1 Å². The molecule has 0 saturated carbocycles. The Hall–Kier alpha value is -1.39. The third-order valence-electron chi connectivity index (χ3n) is 3.50. The molecule has 19 heavy (non-hydrogen) atoms. The second kappa shape index (κ2) is 5.72. The van der Waals surface area contributed by atoms with E-state index in [0.29, 0.717) is 6.04 Å². The van der Waals surface area contributed by atoms with Crippen LogP contribution < -0.4 is 10.1 Å². The molecule has 0 radical (unpaired) electrons. The molecule has 1 aliphatic heterocycles. The lowest BCUT2D eigenvalue weighted by Crippen LogP contribution is -2.26. The Bertz CT molecular complexity index is 547. The summed E-state index contributed by atoms with van der Waals surface area (Å²) in [7, 11) is 1.69. The largest absolute Gasteiger partial charge is 0.497 e. The van der Waals surface area contributed by atoms with Gasteiger partial charge in [-0.15, -0.1) is 11.3 Å².